The number of hydrogen-bond acceptors (Lipinski definition) is 4. The van der Waals surface area contributed by atoms with Crippen molar-refractivity contribution < 1.29 is 8.42 Å². The maximum absolute atomic E-state index is 11.3. The quantitative estimate of drug-likeness (QED) is 0.921. The molecule has 96 valence electrons. The Morgan fingerprint density at radius 1 is 1.22 bits per heavy atom. The molecular weight excluding hydrogens is 334 g/mol. The van der Waals surface area contributed by atoms with E-state index in [0.717, 1.165) is 16.7 Å². The second kappa shape index (κ2) is 5.42. The second-order valence-electron chi connectivity index (χ2n) is 3.84. The number of rotatable bonds is 4. The van der Waals surface area contributed by atoms with Gasteiger partial charge in [-0.3, -0.25) is 0 Å². The van der Waals surface area contributed by atoms with Gasteiger partial charge in [0.05, 0.1) is 11.4 Å². The number of hydrogen-bond donors (Lipinski definition) is 1. The Morgan fingerprint density at radius 2 is 1.89 bits per heavy atom. The molecule has 0 saturated heterocycles. The fourth-order valence-electron chi connectivity index (χ4n) is 1.45. The predicted molar refractivity (Wildman–Crippen MR) is 78.9 cm³/mol. The molecule has 1 N–H and O–H groups in total. The van der Waals surface area contributed by atoms with Crippen LogP contribution in [0.15, 0.2) is 45.1 Å². The van der Waals surface area contributed by atoms with Gasteiger partial charge in [0.25, 0.3) is 0 Å². The lowest BCUT2D eigenvalue weighted by Crippen LogP contribution is -2.00. The third-order valence-electron chi connectivity index (χ3n) is 2.43. The molecule has 0 bridgehead atoms. The number of halogens is 1. The van der Waals surface area contributed by atoms with Crippen molar-refractivity contribution in [3.63, 3.8) is 0 Å². The summed E-state index contributed by atoms with van der Waals surface area (Å²) in [6, 6.07) is 8.78. The lowest BCUT2D eigenvalue weighted by molar-refractivity contribution is 0.602. The highest BCUT2D eigenvalue weighted by atomic mass is 79.9. The molecule has 1 aromatic heterocycles. The Hall–Kier alpha value is -0.850. The van der Waals surface area contributed by atoms with E-state index in [-0.39, 0.29) is 0 Å². The molecule has 3 nitrogen and oxygen atoms in total. The molecule has 1 aromatic carbocycles. The average Bonchev–Trinajstić information content (AvgIpc) is 2.72. The molecule has 0 aliphatic rings. The van der Waals surface area contributed by atoms with Crippen molar-refractivity contribution in [1.29, 1.82) is 0 Å². The number of benzene rings is 1. The third-order valence-corrected chi connectivity index (χ3v) is 5.48. The number of anilines is 1. The van der Waals surface area contributed by atoms with Gasteiger partial charge in [0.15, 0.2) is 9.84 Å². The van der Waals surface area contributed by atoms with Crippen LogP contribution in [0, 0.1) is 0 Å². The van der Waals surface area contributed by atoms with Crippen LogP contribution >= 0.6 is 27.3 Å². The maximum atomic E-state index is 11.3. The lowest BCUT2D eigenvalue weighted by Gasteiger charge is -2.06. The highest BCUT2D eigenvalue weighted by Crippen LogP contribution is 2.24. The fourth-order valence-corrected chi connectivity index (χ4v) is 3.52. The second-order valence-corrected chi connectivity index (χ2v) is 7.71. The molecule has 0 aliphatic heterocycles. The molecule has 1 heterocycles. The van der Waals surface area contributed by atoms with Crippen LogP contribution in [0.4, 0.5) is 5.69 Å². The van der Waals surface area contributed by atoms with Crippen LogP contribution in [0.25, 0.3) is 0 Å². The molecule has 0 atom stereocenters. The van der Waals surface area contributed by atoms with Gasteiger partial charge in [-0.15, -0.1) is 11.3 Å². The maximum Gasteiger partial charge on any atom is 0.175 e. The van der Waals surface area contributed by atoms with Crippen molar-refractivity contribution in [2.45, 2.75) is 11.4 Å². The first kappa shape index (κ1) is 13.6. The molecule has 0 radical (unpaired) electrons. The van der Waals surface area contributed by atoms with Crippen LogP contribution in [0.5, 0.6) is 0 Å². The van der Waals surface area contributed by atoms with E-state index in [1.165, 1.54) is 11.1 Å². The zero-order valence-corrected chi connectivity index (χ0v) is 12.9. The first-order valence-electron chi connectivity index (χ1n) is 5.22. The number of sulfone groups is 1. The highest BCUT2D eigenvalue weighted by Gasteiger charge is 2.06. The van der Waals surface area contributed by atoms with Gasteiger partial charge in [-0.1, -0.05) is 0 Å². The SMILES string of the molecule is CS(=O)(=O)c1ccc(NCc2sccc2Br)cc1. The summed E-state index contributed by atoms with van der Waals surface area (Å²) in [5.41, 5.74) is 0.905. The van der Waals surface area contributed by atoms with E-state index >= 15 is 0 Å². The molecule has 0 amide bonds. The van der Waals surface area contributed by atoms with E-state index in [9.17, 15) is 8.42 Å². The van der Waals surface area contributed by atoms with Crippen LogP contribution in [0.1, 0.15) is 4.88 Å². The molecule has 2 aromatic rings. The summed E-state index contributed by atoms with van der Waals surface area (Å²) in [7, 11) is -3.12. The Kier molecular flexibility index (Phi) is 4.09. The van der Waals surface area contributed by atoms with Gasteiger partial charge in [-0.05, 0) is 51.6 Å². The van der Waals surface area contributed by atoms with E-state index < -0.39 is 9.84 Å². The molecule has 0 spiro atoms. The summed E-state index contributed by atoms with van der Waals surface area (Å²) in [5.74, 6) is 0. The van der Waals surface area contributed by atoms with E-state index in [1.807, 2.05) is 11.4 Å². The first-order chi connectivity index (χ1) is 8.47. The summed E-state index contributed by atoms with van der Waals surface area (Å²) in [5, 5.41) is 5.27. The Morgan fingerprint density at radius 3 is 2.39 bits per heavy atom. The molecule has 0 aliphatic carbocycles. The monoisotopic (exact) mass is 345 g/mol. The van der Waals surface area contributed by atoms with Crippen molar-refractivity contribution in [3.05, 3.63) is 45.1 Å². The normalized spacial score (nSPS) is 11.4. The van der Waals surface area contributed by atoms with Gasteiger partial charge < -0.3 is 5.32 Å². The molecule has 2 rings (SSSR count). The molecule has 0 unspecified atom stereocenters. The largest absolute Gasteiger partial charge is 0.380 e. The highest BCUT2D eigenvalue weighted by molar-refractivity contribution is 9.10. The topological polar surface area (TPSA) is 46.2 Å². The molecule has 18 heavy (non-hydrogen) atoms. The molecule has 6 heteroatoms. The van der Waals surface area contributed by atoms with Gasteiger partial charge in [-0.2, -0.15) is 0 Å². The molecule has 0 fully saturated rings. The minimum Gasteiger partial charge on any atom is -0.380 e. The van der Waals surface area contributed by atoms with E-state index in [0.29, 0.717) is 4.90 Å². The molecular formula is C12H12BrNO2S2. The van der Waals surface area contributed by atoms with Crippen LogP contribution in [-0.4, -0.2) is 14.7 Å². The lowest BCUT2D eigenvalue weighted by atomic mass is 10.3. The zero-order chi connectivity index (χ0) is 13.2. The first-order valence-corrected chi connectivity index (χ1v) is 8.79. The minimum atomic E-state index is -3.12. The van der Waals surface area contributed by atoms with Crippen LogP contribution < -0.4 is 5.32 Å². The van der Waals surface area contributed by atoms with E-state index in [2.05, 4.69) is 21.2 Å². The Bertz CT molecular complexity index is 632. The summed E-state index contributed by atoms with van der Waals surface area (Å²) < 4.78 is 23.7. The summed E-state index contributed by atoms with van der Waals surface area (Å²) in [6.07, 6.45) is 1.21. The van der Waals surface area contributed by atoms with Crippen molar-refractivity contribution in [2.24, 2.45) is 0 Å². The van der Waals surface area contributed by atoms with Crippen molar-refractivity contribution in [1.82, 2.24) is 0 Å². The predicted octanol–water partition coefficient (Wildman–Crippen LogP) is 3.53. The van der Waals surface area contributed by atoms with E-state index in [1.54, 1.807) is 35.6 Å². The van der Waals surface area contributed by atoms with Crippen LogP contribution in [0.2, 0.25) is 0 Å². The van der Waals surface area contributed by atoms with Crippen molar-refractivity contribution in [3.8, 4) is 0 Å². The Balaban J connectivity index is 2.05. The molecule has 0 saturated carbocycles. The van der Waals surface area contributed by atoms with Gasteiger partial charge in [0.1, 0.15) is 0 Å². The van der Waals surface area contributed by atoms with Gasteiger partial charge in [0.2, 0.25) is 0 Å². The summed E-state index contributed by atoms with van der Waals surface area (Å²) >= 11 is 5.14. The third kappa shape index (κ3) is 3.34. The van der Waals surface area contributed by atoms with Gasteiger partial charge in [-0.25, -0.2) is 8.42 Å². The van der Waals surface area contributed by atoms with Crippen LogP contribution in [-0.2, 0) is 16.4 Å². The smallest absolute Gasteiger partial charge is 0.175 e. The van der Waals surface area contributed by atoms with E-state index in [4.69, 9.17) is 0 Å². The summed E-state index contributed by atoms with van der Waals surface area (Å²) in [6.45, 7) is 0.719. The standard InChI is InChI=1S/C12H12BrNO2S2/c1-18(15,16)10-4-2-9(3-5-10)14-8-12-11(13)6-7-17-12/h2-7,14H,8H2,1H3. The van der Waals surface area contributed by atoms with Crippen LogP contribution in [0.3, 0.4) is 0 Å². The minimum absolute atomic E-state index is 0.338. The zero-order valence-electron chi connectivity index (χ0n) is 9.68. The fraction of sp³-hybridized carbons (Fsp3) is 0.167. The van der Waals surface area contributed by atoms with Crippen molar-refractivity contribution in [2.75, 3.05) is 11.6 Å². The summed E-state index contributed by atoms with van der Waals surface area (Å²) in [4.78, 5) is 1.55. The van der Waals surface area contributed by atoms with Gasteiger partial charge in [0, 0.05) is 21.3 Å². The average molecular weight is 346 g/mol. The van der Waals surface area contributed by atoms with Gasteiger partial charge >= 0.3 is 0 Å². The number of thiophene rings is 1. The van der Waals surface area contributed by atoms with Crippen molar-refractivity contribution >= 4 is 42.8 Å². The Labute approximate surface area is 119 Å². The number of nitrogens with one attached hydrogen (secondary N) is 1.